The van der Waals surface area contributed by atoms with Gasteiger partial charge in [-0.2, -0.15) is 0 Å². The van der Waals surface area contributed by atoms with Crippen molar-refractivity contribution in [3.05, 3.63) is 112 Å². The van der Waals surface area contributed by atoms with Gasteiger partial charge < -0.3 is 12.4 Å². The van der Waals surface area contributed by atoms with Crippen LogP contribution in [0.2, 0.25) is 0 Å². The number of benzene rings is 2. The number of nitrogens with zero attached hydrogens (tertiary/aromatic N) is 1. The van der Waals surface area contributed by atoms with Crippen molar-refractivity contribution >= 4 is 36.4 Å². The molecule has 0 spiro atoms. The number of hydrogen-bond donors (Lipinski definition) is 1. The summed E-state index contributed by atoms with van der Waals surface area (Å²) in [6, 6.07) is 18.9. The second-order valence-corrected chi connectivity index (χ2v) is 9.98. The minimum absolute atomic E-state index is 0. The molecule has 1 saturated heterocycles. The van der Waals surface area contributed by atoms with Crippen molar-refractivity contribution < 1.29 is 21.7 Å². The number of anilines is 1. The van der Waals surface area contributed by atoms with Crippen molar-refractivity contribution in [1.29, 1.82) is 0 Å². The second kappa shape index (κ2) is 10.3. The summed E-state index contributed by atoms with van der Waals surface area (Å²) in [5.74, 6) is 0. The Kier molecular flexibility index (Phi) is 7.29. The van der Waals surface area contributed by atoms with E-state index in [0.717, 1.165) is 32.0 Å². The van der Waals surface area contributed by atoms with Crippen molar-refractivity contribution in [2.24, 2.45) is 0 Å². The zero-order valence-corrected chi connectivity index (χ0v) is 20.2. The van der Waals surface area contributed by atoms with Crippen LogP contribution in [0.15, 0.2) is 101 Å². The van der Waals surface area contributed by atoms with Crippen molar-refractivity contribution in [3.63, 3.8) is 0 Å². The largest absolute Gasteiger partial charge is 1.00 e. The first kappa shape index (κ1) is 22.6. The van der Waals surface area contributed by atoms with E-state index in [9.17, 15) is 0 Å². The van der Waals surface area contributed by atoms with Crippen LogP contribution in [0.5, 0.6) is 0 Å². The van der Waals surface area contributed by atoms with Gasteiger partial charge in [-0.25, -0.2) is 0 Å². The number of rotatable bonds is 2. The summed E-state index contributed by atoms with van der Waals surface area (Å²) in [5.41, 5.74) is 13.0. The molecule has 2 aromatic carbocycles. The van der Waals surface area contributed by atoms with E-state index in [1.54, 1.807) is 0 Å². The molecule has 5 heteroatoms. The minimum Gasteiger partial charge on any atom is -1.00 e. The molecule has 2 N–H and O–H groups in total. The van der Waals surface area contributed by atoms with E-state index < -0.39 is 0 Å². The van der Waals surface area contributed by atoms with Gasteiger partial charge in [-0.1, -0.05) is 0 Å². The summed E-state index contributed by atoms with van der Waals surface area (Å²) in [6.07, 6.45) is 13.7. The van der Waals surface area contributed by atoms with Crippen LogP contribution in [0.4, 0.5) is 5.69 Å². The fraction of sp³-hybridized carbons (Fsp3) is 0.148. The molecule has 0 amide bonds. The molecule has 0 bridgehead atoms. The third-order valence-electron chi connectivity index (χ3n) is 5.62. The maximum Gasteiger partial charge on any atom is -1.00 e. The Bertz CT molecular complexity index is 1150. The third-order valence-corrected chi connectivity index (χ3v) is 8.03. The van der Waals surface area contributed by atoms with E-state index in [-0.39, 0.29) is 27.4 Å². The van der Waals surface area contributed by atoms with Crippen molar-refractivity contribution in [2.45, 2.75) is 0 Å². The SMILES string of the molecule is Nc1ccc(C2=CC(c3ccccc3)=CC(=C3C=CC(=[N+]4CCOCC4)C=C3)[Se]2)cc1.[Cl-]. The minimum atomic E-state index is 0. The van der Waals surface area contributed by atoms with E-state index in [0.29, 0.717) is 0 Å². The molecule has 1 fully saturated rings. The molecule has 1 aliphatic carbocycles. The van der Waals surface area contributed by atoms with E-state index in [1.165, 1.54) is 36.9 Å². The third kappa shape index (κ3) is 5.06. The molecule has 2 heterocycles. The number of halogens is 1. The van der Waals surface area contributed by atoms with Crippen LogP contribution in [0.25, 0.3) is 10.0 Å². The Hall–Kier alpha value is -2.62. The van der Waals surface area contributed by atoms with E-state index in [4.69, 9.17) is 10.5 Å². The predicted molar refractivity (Wildman–Crippen MR) is 130 cm³/mol. The van der Waals surface area contributed by atoms with Gasteiger partial charge in [0.15, 0.2) is 0 Å². The molecule has 3 aliphatic rings. The molecule has 2 aliphatic heterocycles. The molecule has 0 aromatic heterocycles. The normalized spacial score (nSPS) is 18.2. The van der Waals surface area contributed by atoms with Crippen LogP contribution in [0, 0.1) is 0 Å². The number of nitrogen functional groups attached to an aromatic ring is 1. The number of hydrogen-bond acceptors (Lipinski definition) is 2. The zero-order valence-electron chi connectivity index (χ0n) is 17.7. The van der Waals surface area contributed by atoms with E-state index in [1.807, 2.05) is 12.1 Å². The van der Waals surface area contributed by atoms with Gasteiger partial charge >= 0.3 is 190 Å². The average molecular weight is 508 g/mol. The molecule has 162 valence electrons. The summed E-state index contributed by atoms with van der Waals surface area (Å²) in [7, 11) is 0. The number of nitrogens with two attached hydrogens (primary N) is 1. The second-order valence-electron chi connectivity index (χ2n) is 7.71. The van der Waals surface area contributed by atoms with Crippen molar-refractivity contribution in [2.75, 3.05) is 32.0 Å². The van der Waals surface area contributed by atoms with Gasteiger partial charge in [0.25, 0.3) is 0 Å². The molecular formula is C27H25ClN2OSe. The molecule has 0 saturated carbocycles. The molecule has 2 aromatic rings. The standard InChI is InChI=1S/C27H24N2OSe.ClH/c28-24-10-6-21(7-11-24)26-18-23(20-4-2-1-3-5-20)19-27(31-26)22-8-12-25(13-9-22)29-14-16-30-17-15-29;/h1-13,18-19,28H,14-17H2;1H. The van der Waals surface area contributed by atoms with Crippen molar-refractivity contribution in [1.82, 2.24) is 0 Å². The van der Waals surface area contributed by atoms with Crippen LogP contribution in [0.1, 0.15) is 11.1 Å². The summed E-state index contributed by atoms with van der Waals surface area (Å²) in [6.45, 7) is 3.53. The molecule has 5 rings (SSSR count). The average Bonchev–Trinajstić information content (AvgIpc) is 2.85. The molecule has 0 unspecified atom stereocenters. The molecule has 0 atom stereocenters. The molecule has 0 radical (unpaired) electrons. The van der Waals surface area contributed by atoms with Crippen LogP contribution in [-0.2, 0) is 4.74 Å². The molecule has 3 nitrogen and oxygen atoms in total. The van der Waals surface area contributed by atoms with E-state index in [2.05, 4.69) is 83.5 Å². The van der Waals surface area contributed by atoms with Crippen LogP contribution < -0.4 is 18.1 Å². The van der Waals surface area contributed by atoms with Crippen LogP contribution in [-0.4, -0.2) is 51.5 Å². The number of allylic oxidation sites excluding steroid dienone is 9. The number of ether oxygens (including phenoxy) is 1. The van der Waals surface area contributed by atoms with Gasteiger partial charge in [-0.15, -0.1) is 0 Å². The van der Waals surface area contributed by atoms with Gasteiger partial charge in [0.1, 0.15) is 0 Å². The Labute approximate surface area is 201 Å². The summed E-state index contributed by atoms with van der Waals surface area (Å²) >= 11 is 0.217. The van der Waals surface area contributed by atoms with Crippen molar-refractivity contribution in [3.8, 4) is 0 Å². The van der Waals surface area contributed by atoms with Gasteiger partial charge in [0.05, 0.1) is 0 Å². The summed E-state index contributed by atoms with van der Waals surface area (Å²) in [5, 5.41) is 0. The van der Waals surface area contributed by atoms with Gasteiger partial charge in [0, 0.05) is 0 Å². The topological polar surface area (TPSA) is 38.3 Å². The monoisotopic (exact) mass is 508 g/mol. The smallest absolute Gasteiger partial charge is 1.00 e. The van der Waals surface area contributed by atoms with Gasteiger partial charge in [-0.3, -0.25) is 0 Å². The summed E-state index contributed by atoms with van der Waals surface area (Å²) < 4.78 is 10.7. The first-order chi connectivity index (χ1) is 15.3. The quantitative estimate of drug-likeness (QED) is 0.378. The Morgan fingerprint density at radius 2 is 1.47 bits per heavy atom. The van der Waals surface area contributed by atoms with E-state index >= 15 is 0 Å². The fourth-order valence-corrected chi connectivity index (χ4v) is 6.23. The number of morpholine rings is 1. The van der Waals surface area contributed by atoms with Gasteiger partial charge in [-0.05, 0) is 0 Å². The Morgan fingerprint density at radius 1 is 0.781 bits per heavy atom. The van der Waals surface area contributed by atoms with Crippen LogP contribution >= 0.6 is 0 Å². The predicted octanol–water partition coefficient (Wildman–Crippen LogP) is 1.28. The molecule has 32 heavy (non-hydrogen) atoms. The first-order valence-electron chi connectivity index (χ1n) is 10.6. The maximum absolute atomic E-state index is 5.93. The van der Waals surface area contributed by atoms with Crippen LogP contribution in [0.3, 0.4) is 0 Å². The Morgan fingerprint density at radius 3 is 2.16 bits per heavy atom. The summed E-state index contributed by atoms with van der Waals surface area (Å²) in [4.78, 5) is 0. The zero-order chi connectivity index (χ0) is 21.0. The molecular weight excluding hydrogens is 483 g/mol. The Balaban J connectivity index is 0.00000245. The fourth-order valence-electron chi connectivity index (χ4n) is 3.89. The maximum atomic E-state index is 5.93. The van der Waals surface area contributed by atoms with Gasteiger partial charge in [0.2, 0.25) is 0 Å². The first-order valence-corrected chi connectivity index (χ1v) is 12.3.